The lowest BCUT2D eigenvalue weighted by Gasteiger charge is -2.29. The summed E-state index contributed by atoms with van der Waals surface area (Å²) in [6.07, 6.45) is 4.30. The van der Waals surface area contributed by atoms with Gasteiger partial charge in [-0.05, 0) is 62.9 Å². The summed E-state index contributed by atoms with van der Waals surface area (Å²) in [5.74, 6) is 0.367. The van der Waals surface area contributed by atoms with Crippen LogP contribution in [0.25, 0.3) is 0 Å². The van der Waals surface area contributed by atoms with Crippen molar-refractivity contribution in [1.29, 1.82) is 0 Å². The van der Waals surface area contributed by atoms with E-state index in [1.54, 1.807) is 11.8 Å². The van der Waals surface area contributed by atoms with E-state index in [4.69, 9.17) is 4.74 Å². The molecule has 6 heteroatoms. The first-order valence-electron chi connectivity index (χ1n) is 10.9. The number of nitrogens with zero attached hydrogens (tertiary/aromatic N) is 1. The molecule has 0 saturated heterocycles. The Labute approximate surface area is 193 Å². The van der Waals surface area contributed by atoms with Gasteiger partial charge in [0.1, 0.15) is 11.8 Å². The Morgan fingerprint density at radius 3 is 2.45 bits per heavy atom. The highest BCUT2D eigenvalue weighted by Gasteiger charge is 2.28. The molecule has 1 fully saturated rings. The molecule has 1 atom stereocenters. The van der Waals surface area contributed by atoms with Crippen LogP contribution in [0, 0.1) is 13.8 Å². The molecule has 2 amide bonds. The minimum atomic E-state index is -0.584. The fourth-order valence-electron chi connectivity index (χ4n) is 3.94. The van der Waals surface area contributed by atoms with Crippen LogP contribution in [0.2, 0.25) is 0 Å². The molecule has 0 aromatic heterocycles. The van der Waals surface area contributed by atoms with Crippen LogP contribution in [0.5, 0.6) is 5.75 Å². The van der Waals surface area contributed by atoms with Crippen molar-refractivity contribution in [3.63, 3.8) is 0 Å². The lowest BCUT2D eigenvalue weighted by molar-refractivity contribution is -0.142. The first kappa shape index (κ1) is 23.3. The quantitative estimate of drug-likeness (QED) is 0.575. The number of nitrogens with one attached hydrogen (secondary N) is 1. The van der Waals surface area contributed by atoms with Crippen molar-refractivity contribution in [2.24, 2.45) is 0 Å². The van der Waals surface area contributed by atoms with Crippen LogP contribution in [0.1, 0.15) is 49.3 Å². The zero-order valence-corrected chi connectivity index (χ0v) is 20.1. The van der Waals surface area contributed by atoms with E-state index in [1.807, 2.05) is 56.3 Å². The monoisotopic (exact) mass is 486 g/mol. The summed E-state index contributed by atoms with van der Waals surface area (Å²) in [4.78, 5) is 27.7. The molecule has 2 aromatic rings. The summed E-state index contributed by atoms with van der Waals surface area (Å²) in [5.41, 5.74) is 3.09. The second kappa shape index (κ2) is 10.8. The number of ether oxygens (including phenoxy) is 1. The van der Waals surface area contributed by atoms with E-state index in [2.05, 4.69) is 21.2 Å². The number of benzene rings is 2. The van der Waals surface area contributed by atoms with Crippen LogP contribution >= 0.6 is 15.9 Å². The van der Waals surface area contributed by atoms with Gasteiger partial charge >= 0.3 is 0 Å². The number of halogens is 1. The van der Waals surface area contributed by atoms with Crippen molar-refractivity contribution in [3.05, 3.63) is 63.6 Å². The number of hydrogen-bond acceptors (Lipinski definition) is 3. The van der Waals surface area contributed by atoms with Crippen molar-refractivity contribution in [2.75, 3.05) is 6.61 Å². The average molecular weight is 487 g/mol. The summed E-state index contributed by atoms with van der Waals surface area (Å²) in [6.45, 7) is 6.01. The Morgan fingerprint density at radius 1 is 1.13 bits per heavy atom. The molecule has 1 N–H and O–H groups in total. The maximum absolute atomic E-state index is 13.2. The number of hydrogen-bond donors (Lipinski definition) is 1. The van der Waals surface area contributed by atoms with Crippen LogP contribution in [0.4, 0.5) is 0 Å². The number of amides is 2. The smallest absolute Gasteiger partial charge is 0.261 e. The summed E-state index contributed by atoms with van der Waals surface area (Å²) < 4.78 is 6.80. The number of carbonyl (C=O) groups is 2. The molecule has 1 saturated carbocycles. The molecule has 166 valence electrons. The highest BCUT2D eigenvalue weighted by Crippen LogP contribution is 2.21. The topological polar surface area (TPSA) is 58.6 Å². The first-order chi connectivity index (χ1) is 14.8. The minimum Gasteiger partial charge on any atom is -0.483 e. The normalized spacial score (nSPS) is 14.8. The van der Waals surface area contributed by atoms with E-state index < -0.39 is 6.04 Å². The Bertz CT molecular complexity index is 907. The van der Waals surface area contributed by atoms with Crippen LogP contribution in [-0.2, 0) is 16.1 Å². The Kier molecular flexibility index (Phi) is 8.13. The van der Waals surface area contributed by atoms with Gasteiger partial charge in [0.15, 0.2) is 6.61 Å². The second-order valence-corrected chi connectivity index (χ2v) is 9.29. The molecule has 0 unspecified atom stereocenters. The molecule has 2 aromatic carbocycles. The lowest BCUT2D eigenvalue weighted by Crippen LogP contribution is -2.50. The largest absolute Gasteiger partial charge is 0.483 e. The third-order valence-electron chi connectivity index (χ3n) is 5.82. The minimum absolute atomic E-state index is 0.108. The van der Waals surface area contributed by atoms with Gasteiger partial charge in [-0.15, -0.1) is 0 Å². The lowest BCUT2D eigenvalue weighted by atomic mass is 10.1. The fourth-order valence-corrected chi connectivity index (χ4v) is 4.21. The predicted octanol–water partition coefficient (Wildman–Crippen LogP) is 4.92. The number of aryl methyl sites for hydroxylation is 2. The van der Waals surface area contributed by atoms with E-state index in [9.17, 15) is 9.59 Å². The van der Waals surface area contributed by atoms with Gasteiger partial charge in [-0.1, -0.05) is 58.6 Å². The van der Waals surface area contributed by atoms with Crippen LogP contribution in [0.3, 0.4) is 0 Å². The second-order valence-electron chi connectivity index (χ2n) is 8.37. The molecule has 0 heterocycles. The van der Waals surface area contributed by atoms with Crippen molar-refractivity contribution in [1.82, 2.24) is 10.2 Å². The number of rotatable bonds is 8. The van der Waals surface area contributed by atoms with E-state index in [-0.39, 0.29) is 24.5 Å². The van der Waals surface area contributed by atoms with Crippen LogP contribution in [-0.4, -0.2) is 35.4 Å². The highest BCUT2D eigenvalue weighted by molar-refractivity contribution is 9.10. The molecule has 0 spiro atoms. The van der Waals surface area contributed by atoms with Crippen molar-refractivity contribution in [2.45, 2.75) is 65.1 Å². The summed E-state index contributed by atoms with van der Waals surface area (Å²) >= 11 is 3.44. The zero-order valence-electron chi connectivity index (χ0n) is 18.5. The van der Waals surface area contributed by atoms with Crippen LogP contribution < -0.4 is 10.1 Å². The summed E-state index contributed by atoms with van der Waals surface area (Å²) in [7, 11) is 0. The SMILES string of the molecule is Cc1ccc(OCC(=O)N(Cc2ccc(Br)cc2)[C@H](C)C(=O)NC2CCCC2)c(C)c1. The maximum atomic E-state index is 13.2. The van der Waals surface area contributed by atoms with Gasteiger partial charge < -0.3 is 15.0 Å². The summed E-state index contributed by atoms with van der Waals surface area (Å²) in [5, 5.41) is 3.12. The third-order valence-corrected chi connectivity index (χ3v) is 6.35. The van der Waals surface area contributed by atoms with Gasteiger partial charge in [0.2, 0.25) is 5.91 Å². The zero-order chi connectivity index (χ0) is 22.4. The molecule has 1 aliphatic carbocycles. The predicted molar refractivity (Wildman–Crippen MR) is 126 cm³/mol. The van der Waals surface area contributed by atoms with Gasteiger partial charge in [-0.3, -0.25) is 9.59 Å². The van der Waals surface area contributed by atoms with Gasteiger partial charge in [0.25, 0.3) is 5.91 Å². The molecular weight excluding hydrogens is 456 g/mol. The molecule has 0 bridgehead atoms. The van der Waals surface area contributed by atoms with E-state index in [0.717, 1.165) is 46.8 Å². The van der Waals surface area contributed by atoms with E-state index in [0.29, 0.717) is 12.3 Å². The molecule has 3 rings (SSSR count). The third kappa shape index (κ3) is 6.57. The standard InChI is InChI=1S/C25H31BrN2O3/c1-17-8-13-23(18(2)14-17)31-16-24(29)28(15-20-9-11-21(26)12-10-20)19(3)25(30)27-22-6-4-5-7-22/h8-14,19,22H,4-7,15-16H2,1-3H3,(H,27,30)/t19-/m1/s1. The molecule has 31 heavy (non-hydrogen) atoms. The van der Waals surface area contributed by atoms with Crippen molar-refractivity contribution in [3.8, 4) is 5.75 Å². The molecule has 1 aliphatic rings. The summed E-state index contributed by atoms with van der Waals surface area (Å²) in [6, 6.07) is 13.3. The molecule has 0 radical (unpaired) electrons. The Balaban J connectivity index is 1.72. The molecule has 5 nitrogen and oxygen atoms in total. The fraction of sp³-hybridized carbons (Fsp3) is 0.440. The first-order valence-corrected chi connectivity index (χ1v) is 11.7. The average Bonchev–Trinajstić information content (AvgIpc) is 3.25. The van der Waals surface area contributed by atoms with E-state index >= 15 is 0 Å². The Hall–Kier alpha value is -2.34. The van der Waals surface area contributed by atoms with Crippen LogP contribution in [0.15, 0.2) is 46.9 Å². The van der Waals surface area contributed by atoms with Gasteiger partial charge in [0.05, 0.1) is 0 Å². The Morgan fingerprint density at radius 2 is 1.81 bits per heavy atom. The van der Waals surface area contributed by atoms with Gasteiger partial charge in [0, 0.05) is 17.1 Å². The number of carbonyl (C=O) groups excluding carboxylic acids is 2. The molecule has 0 aliphatic heterocycles. The maximum Gasteiger partial charge on any atom is 0.261 e. The van der Waals surface area contributed by atoms with E-state index in [1.165, 1.54) is 0 Å². The van der Waals surface area contributed by atoms with Gasteiger partial charge in [-0.2, -0.15) is 0 Å². The van der Waals surface area contributed by atoms with Crippen molar-refractivity contribution < 1.29 is 14.3 Å². The van der Waals surface area contributed by atoms with Gasteiger partial charge in [-0.25, -0.2) is 0 Å². The molecular formula is C25H31BrN2O3. The highest BCUT2D eigenvalue weighted by atomic mass is 79.9. The van der Waals surface area contributed by atoms with Crippen molar-refractivity contribution >= 4 is 27.7 Å².